The molecule has 0 aromatic heterocycles. The SMILES string of the molecule is CCCCCCC(NC(=O)c1ccc(/C=C/C(=O)O)cc1)C(=O)NC(C)(C)C. The van der Waals surface area contributed by atoms with Gasteiger partial charge < -0.3 is 15.7 Å². The Morgan fingerprint density at radius 1 is 1.07 bits per heavy atom. The lowest BCUT2D eigenvalue weighted by molar-refractivity contribution is -0.131. The van der Waals surface area contributed by atoms with E-state index in [1.807, 2.05) is 20.8 Å². The van der Waals surface area contributed by atoms with E-state index in [4.69, 9.17) is 5.11 Å². The smallest absolute Gasteiger partial charge is 0.328 e. The Morgan fingerprint density at radius 2 is 1.71 bits per heavy atom. The number of nitrogens with one attached hydrogen (secondary N) is 2. The summed E-state index contributed by atoms with van der Waals surface area (Å²) >= 11 is 0. The Labute approximate surface area is 167 Å². The molecule has 0 saturated carbocycles. The lowest BCUT2D eigenvalue weighted by Gasteiger charge is -2.25. The van der Waals surface area contributed by atoms with Gasteiger partial charge in [-0.05, 0) is 51.0 Å². The van der Waals surface area contributed by atoms with Gasteiger partial charge in [-0.1, -0.05) is 44.7 Å². The Morgan fingerprint density at radius 3 is 2.25 bits per heavy atom. The summed E-state index contributed by atoms with van der Waals surface area (Å²) in [6, 6.07) is 5.98. The normalized spacial score (nSPS) is 12.6. The highest BCUT2D eigenvalue weighted by molar-refractivity contribution is 5.97. The van der Waals surface area contributed by atoms with E-state index >= 15 is 0 Å². The zero-order valence-corrected chi connectivity index (χ0v) is 17.2. The van der Waals surface area contributed by atoms with Crippen LogP contribution in [0.15, 0.2) is 30.3 Å². The van der Waals surface area contributed by atoms with Gasteiger partial charge in [0.25, 0.3) is 5.91 Å². The first-order chi connectivity index (χ1) is 13.1. The summed E-state index contributed by atoms with van der Waals surface area (Å²) in [6.45, 7) is 7.85. The fourth-order valence-corrected chi connectivity index (χ4v) is 2.66. The molecule has 1 aromatic carbocycles. The van der Waals surface area contributed by atoms with Crippen LogP contribution in [0.5, 0.6) is 0 Å². The molecule has 0 bridgehead atoms. The van der Waals surface area contributed by atoms with E-state index in [-0.39, 0.29) is 17.4 Å². The third-order valence-electron chi connectivity index (χ3n) is 4.06. The number of carbonyl (C=O) groups is 3. The van der Waals surface area contributed by atoms with Gasteiger partial charge in [-0.25, -0.2) is 4.79 Å². The summed E-state index contributed by atoms with van der Waals surface area (Å²) in [6.07, 6.45) is 7.19. The molecule has 0 aliphatic carbocycles. The van der Waals surface area contributed by atoms with Crippen molar-refractivity contribution in [1.82, 2.24) is 10.6 Å². The van der Waals surface area contributed by atoms with Crippen molar-refractivity contribution in [2.45, 2.75) is 71.4 Å². The molecule has 0 spiro atoms. The first-order valence-electron chi connectivity index (χ1n) is 9.76. The third kappa shape index (κ3) is 9.35. The van der Waals surface area contributed by atoms with Gasteiger partial charge in [-0.2, -0.15) is 0 Å². The van der Waals surface area contributed by atoms with Gasteiger partial charge in [-0.3, -0.25) is 9.59 Å². The zero-order valence-electron chi connectivity index (χ0n) is 17.2. The van der Waals surface area contributed by atoms with Crippen LogP contribution in [0.25, 0.3) is 6.08 Å². The fraction of sp³-hybridized carbons (Fsp3) is 0.500. The van der Waals surface area contributed by atoms with Crippen molar-refractivity contribution >= 4 is 23.9 Å². The second kappa shape index (κ2) is 11.3. The van der Waals surface area contributed by atoms with Gasteiger partial charge in [0, 0.05) is 17.2 Å². The molecule has 0 aliphatic rings. The summed E-state index contributed by atoms with van der Waals surface area (Å²) in [5.74, 6) is -1.53. The van der Waals surface area contributed by atoms with Crippen LogP contribution in [0.4, 0.5) is 0 Å². The highest BCUT2D eigenvalue weighted by Gasteiger charge is 2.24. The van der Waals surface area contributed by atoms with E-state index in [1.165, 1.54) is 6.08 Å². The summed E-state index contributed by atoms with van der Waals surface area (Å²) in [4.78, 5) is 35.8. The summed E-state index contributed by atoms with van der Waals surface area (Å²) in [5, 5.41) is 14.4. The lowest BCUT2D eigenvalue weighted by Crippen LogP contribution is -2.52. The molecule has 6 heteroatoms. The summed E-state index contributed by atoms with van der Waals surface area (Å²) < 4.78 is 0. The minimum Gasteiger partial charge on any atom is -0.478 e. The predicted octanol–water partition coefficient (Wildman–Crippen LogP) is 3.77. The number of unbranched alkanes of at least 4 members (excludes halogenated alkanes) is 3. The van der Waals surface area contributed by atoms with Crippen LogP contribution in [0.1, 0.15) is 75.7 Å². The standard InChI is InChI=1S/C22H32N2O4/c1-5-6-7-8-9-18(21(28)24-22(2,3)4)23-20(27)17-13-10-16(11-14-17)12-15-19(25)26/h10-15,18H,5-9H2,1-4H3,(H,23,27)(H,24,28)(H,25,26)/b15-12+. The van der Waals surface area contributed by atoms with Crippen molar-refractivity contribution in [1.29, 1.82) is 0 Å². The van der Waals surface area contributed by atoms with Gasteiger partial charge in [0.1, 0.15) is 6.04 Å². The van der Waals surface area contributed by atoms with Crippen molar-refractivity contribution in [3.8, 4) is 0 Å². The van der Waals surface area contributed by atoms with Gasteiger partial charge in [-0.15, -0.1) is 0 Å². The lowest BCUT2D eigenvalue weighted by atomic mass is 10.0. The van der Waals surface area contributed by atoms with Crippen molar-refractivity contribution in [2.75, 3.05) is 0 Å². The first kappa shape index (κ1) is 23.4. The van der Waals surface area contributed by atoms with E-state index in [0.717, 1.165) is 31.8 Å². The topological polar surface area (TPSA) is 95.5 Å². The number of amides is 2. The Bertz CT molecular complexity index is 687. The van der Waals surface area contributed by atoms with Gasteiger partial charge in [0.15, 0.2) is 0 Å². The maximum absolute atomic E-state index is 12.6. The van der Waals surface area contributed by atoms with Gasteiger partial charge >= 0.3 is 5.97 Å². The van der Waals surface area contributed by atoms with Crippen LogP contribution in [0.2, 0.25) is 0 Å². The molecule has 3 N–H and O–H groups in total. The van der Waals surface area contributed by atoms with Crippen LogP contribution in [0.3, 0.4) is 0 Å². The van der Waals surface area contributed by atoms with Crippen molar-refractivity contribution in [3.63, 3.8) is 0 Å². The molecular weight excluding hydrogens is 356 g/mol. The highest BCUT2D eigenvalue weighted by atomic mass is 16.4. The predicted molar refractivity (Wildman–Crippen MR) is 111 cm³/mol. The summed E-state index contributed by atoms with van der Waals surface area (Å²) in [7, 11) is 0. The number of carboxylic acid groups (broad SMARTS) is 1. The zero-order chi connectivity index (χ0) is 21.2. The largest absolute Gasteiger partial charge is 0.478 e. The molecular formula is C22H32N2O4. The molecule has 6 nitrogen and oxygen atoms in total. The molecule has 154 valence electrons. The molecule has 0 heterocycles. The molecule has 1 aromatic rings. The first-order valence-corrected chi connectivity index (χ1v) is 9.76. The number of rotatable bonds is 10. The Hall–Kier alpha value is -2.63. The van der Waals surface area contributed by atoms with Crippen LogP contribution in [0, 0.1) is 0 Å². The number of benzene rings is 1. The van der Waals surface area contributed by atoms with Crippen LogP contribution in [-0.4, -0.2) is 34.5 Å². The maximum Gasteiger partial charge on any atom is 0.328 e. The Balaban J connectivity index is 2.80. The van der Waals surface area contributed by atoms with E-state index < -0.39 is 12.0 Å². The third-order valence-corrected chi connectivity index (χ3v) is 4.06. The van der Waals surface area contributed by atoms with Gasteiger partial charge in [0.05, 0.1) is 0 Å². The second-order valence-corrected chi connectivity index (χ2v) is 7.91. The van der Waals surface area contributed by atoms with E-state index in [2.05, 4.69) is 17.6 Å². The number of carboxylic acids is 1. The molecule has 28 heavy (non-hydrogen) atoms. The monoisotopic (exact) mass is 388 g/mol. The average molecular weight is 389 g/mol. The molecule has 0 saturated heterocycles. The molecule has 0 aliphatic heterocycles. The van der Waals surface area contributed by atoms with E-state index in [9.17, 15) is 14.4 Å². The quantitative estimate of drug-likeness (QED) is 0.420. The molecule has 0 radical (unpaired) electrons. The molecule has 2 amide bonds. The van der Waals surface area contributed by atoms with E-state index in [1.54, 1.807) is 24.3 Å². The number of hydrogen-bond donors (Lipinski definition) is 3. The van der Waals surface area contributed by atoms with Crippen molar-refractivity contribution in [3.05, 3.63) is 41.5 Å². The molecule has 0 fully saturated rings. The van der Waals surface area contributed by atoms with Crippen molar-refractivity contribution < 1.29 is 19.5 Å². The minimum absolute atomic E-state index is 0.182. The molecule has 1 unspecified atom stereocenters. The van der Waals surface area contributed by atoms with Crippen LogP contribution >= 0.6 is 0 Å². The molecule has 1 atom stereocenters. The van der Waals surface area contributed by atoms with Gasteiger partial charge in [0.2, 0.25) is 5.91 Å². The second-order valence-electron chi connectivity index (χ2n) is 7.91. The van der Waals surface area contributed by atoms with Crippen molar-refractivity contribution in [2.24, 2.45) is 0 Å². The number of hydrogen-bond acceptors (Lipinski definition) is 3. The number of carbonyl (C=O) groups excluding carboxylic acids is 2. The Kier molecular flexibility index (Phi) is 9.42. The minimum atomic E-state index is -1.03. The van der Waals surface area contributed by atoms with Crippen LogP contribution in [-0.2, 0) is 9.59 Å². The van der Waals surface area contributed by atoms with E-state index in [0.29, 0.717) is 17.5 Å². The number of aliphatic carboxylic acids is 1. The average Bonchev–Trinajstić information content (AvgIpc) is 2.61. The van der Waals surface area contributed by atoms with Crippen LogP contribution < -0.4 is 10.6 Å². The summed E-state index contributed by atoms with van der Waals surface area (Å²) in [5.41, 5.74) is 0.733. The molecule has 1 rings (SSSR count). The highest BCUT2D eigenvalue weighted by Crippen LogP contribution is 2.11. The fourth-order valence-electron chi connectivity index (χ4n) is 2.66. The maximum atomic E-state index is 12.6.